The molecule has 2 fully saturated rings. The Bertz CT molecular complexity index is 1480. The summed E-state index contributed by atoms with van der Waals surface area (Å²) < 4.78 is 56.6. The number of anilines is 1. The van der Waals surface area contributed by atoms with Gasteiger partial charge in [-0.25, -0.2) is 31.7 Å². The van der Waals surface area contributed by atoms with Crippen LogP contribution in [0.25, 0.3) is 10.8 Å². The van der Waals surface area contributed by atoms with Crippen molar-refractivity contribution < 1.29 is 27.1 Å². The molecule has 3 aliphatic carbocycles. The number of benzene rings is 1. The Hall–Kier alpha value is -3.18. The fourth-order valence-corrected chi connectivity index (χ4v) is 6.97. The number of nitrogens with one attached hydrogen (secondary N) is 2. The number of carbonyl (C=O) groups is 1. The van der Waals surface area contributed by atoms with Crippen molar-refractivity contribution in [1.82, 2.24) is 14.7 Å². The SMILES string of the molecule is O=C(O)c1ccc(NC2Cc3cc4cnc(C5CC5)cc4c(S(=O)(=O)NC4CC(F)(F)C4)c3C2)cn1. The van der Waals surface area contributed by atoms with Gasteiger partial charge in [0.05, 0.1) is 16.8 Å². The van der Waals surface area contributed by atoms with Gasteiger partial charge in [-0.1, -0.05) is 0 Å². The first kappa shape index (κ1) is 23.2. The van der Waals surface area contributed by atoms with Crippen LogP contribution in [0.1, 0.15) is 58.9 Å². The Morgan fingerprint density at radius 3 is 2.47 bits per heavy atom. The van der Waals surface area contributed by atoms with Crippen molar-refractivity contribution in [3.05, 3.63) is 59.2 Å². The van der Waals surface area contributed by atoms with Crippen LogP contribution in [0.2, 0.25) is 0 Å². The van der Waals surface area contributed by atoms with Gasteiger partial charge in [0.1, 0.15) is 5.69 Å². The van der Waals surface area contributed by atoms with E-state index in [-0.39, 0.29) is 16.6 Å². The van der Waals surface area contributed by atoms with Gasteiger partial charge in [-0.3, -0.25) is 4.98 Å². The average molecular weight is 515 g/mol. The molecular weight excluding hydrogens is 490 g/mol. The van der Waals surface area contributed by atoms with Crippen molar-refractivity contribution in [3.63, 3.8) is 0 Å². The van der Waals surface area contributed by atoms with Gasteiger partial charge in [-0.2, -0.15) is 0 Å². The Balaban J connectivity index is 1.36. The number of carboxylic acid groups (broad SMARTS) is 1. The molecule has 1 aromatic carbocycles. The maximum atomic E-state index is 13.6. The lowest BCUT2D eigenvalue weighted by atomic mass is 9.89. The number of sulfonamides is 1. The minimum absolute atomic E-state index is 0.0681. The van der Waals surface area contributed by atoms with Crippen molar-refractivity contribution in [2.24, 2.45) is 0 Å². The van der Waals surface area contributed by atoms with E-state index in [1.54, 1.807) is 12.3 Å². The normalized spacial score (nSPS) is 21.2. The van der Waals surface area contributed by atoms with Crippen LogP contribution in [0.4, 0.5) is 14.5 Å². The van der Waals surface area contributed by atoms with Gasteiger partial charge in [0.2, 0.25) is 10.0 Å². The molecule has 11 heteroatoms. The molecule has 8 nitrogen and oxygen atoms in total. The van der Waals surface area contributed by atoms with Crippen LogP contribution in [-0.2, 0) is 22.9 Å². The third-order valence-corrected chi connectivity index (χ3v) is 8.79. The fourth-order valence-electron chi connectivity index (χ4n) is 5.24. The molecule has 0 saturated heterocycles. The van der Waals surface area contributed by atoms with Gasteiger partial charge in [-0.15, -0.1) is 0 Å². The van der Waals surface area contributed by atoms with E-state index in [0.29, 0.717) is 40.8 Å². The molecule has 3 aromatic rings. The van der Waals surface area contributed by atoms with E-state index in [9.17, 15) is 22.0 Å². The lowest BCUT2D eigenvalue weighted by Gasteiger charge is -2.35. The number of hydrogen-bond acceptors (Lipinski definition) is 6. The first-order chi connectivity index (χ1) is 17.1. The number of hydrogen-bond donors (Lipinski definition) is 3. The van der Waals surface area contributed by atoms with E-state index >= 15 is 0 Å². The minimum atomic E-state index is -4.07. The quantitative estimate of drug-likeness (QED) is 0.438. The number of aromatic carboxylic acids is 1. The Morgan fingerprint density at radius 2 is 1.83 bits per heavy atom. The third-order valence-electron chi connectivity index (χ3n) is 7.14. The van der Waals surface area contributed by atoms with Crippen LogP contribution in [-0.4, -0.2) is 47.5 Å². The summed E-state index contributed by atoms with van der Waals surface area (Å²) in [5, 5.41) is 13.6. The summed E-state index contributed by atoms with van der Waals surface area (Å²) >= 11 is 0. The first-order valence-electron chi connectivity index (χ1n) is 11.9. The molecule has 2 heterocycles. The zero-order valence-corrected chi connectivity index (χ0v) is 20.0. The highest BCUT2D eigenvalue weighted by atomic mass is 32.2. The smallest absolute Gasteiger partial charge is 0.354 e. The summed E-state index contributed by atoms with van der Waals surface area (Å²) in [6, 6.07) is 5.88. The Morgan fingerprint density at radius 1 is 1.06 bits per heavy atom. The third kappa shape index (κ3) is 4.30. The monoisotopic (exact) mass is 514 g/mol. The van der Waals surface area contributed by atoms with Crippen molar-refractivity contribution in [1.29, 1.82) is 0 Å². The molecular formula is C25H24F2N4O4S. The molecule has 0 radical (unpaired) electrons. The molecule has 0 amide bonds. The highest BCUT2D eigenvalue weighted by Crippen LogP contribution is 2.43. The number of nitrogens with zero attached hydrogens (tertiary/aromatic N) is 2. The fraction of sp³-hybridized carbons (Fsp3) is 0.400. The number of pyridine rings is 2. The molecule has 1 atom stereocenters. The van der Waals surface area contributed by atoms with E-state index in [2.05, 4.69) is 20.0 Å². The Labute approximate surface area is 206 Å². The summed E-state index contributed by atoms with van der Waals surface area (Å²) in [5.74, 6) is -3.63. The molecule has 3 aliphatic rings. The van der Waals surface area contributed by atoms with Gasteiger partial charge in [0.25, 0.3) is 5.92 Å². The lowest BCUT2D eigenvalue weighted by molar-refractivity contribution is -0.0876. The van der Waals surface area contributed by atoms with Gasteiger partial charge in [0.15, 0.2) is 0 Å². The topological polar surface area (TPSA) is 121 Å². The number of alkyl halides is 2. The van der Waals surface area contributed by atoms with Crippen LogP contribution in [0.5, 0.6) is 0 Å². The van der Waals surface area contributed by atoms with Crippen LogP contribution < -0.4 is 10.0 Å². The summed E-state index contributed by atoms with van der Waals surface area (Å²) in [7, 11) is -4.07. The number of rotatable bonds is 7. The molecule has 6 rings (SSSR count). The molecule has 0 aliphatic heterocycles. The van der Waals surface area contributed by atoms with E-state index in [4.69, 9.17) is 5.11 Å². The molecule has 188 valence electrons. The van der Waals surface area contributed by atoms with Crippen LogP contribution >= 0.6 is 0 Å². The zero-order chi connectivity index (χ0) is 25.2. The highest BCUT2D eigenvalue weighted by molar-refractivity contribution is 7.89. The van der Waals surface area contributed by atoms with Crippen molar-refractivity contribution in [2.45, 2.75) is 67.3 Å². The zero-order valence-electron chi connectivity index (χ0n) is 19.2. The summed E-state index contributed by atoms with van der Waals surface area (Å²) in [6.07, 6.45) is 5.11. The molecule has 1 unspecified atom stereocenters. The van der Waals surface area contributed by atoms with Gasteiger partial charge >= 0.3 is 5.97 Å². The largest absolute Gasteiger partial charge is 0.477 e. The maximum Gasteiger partial charge on any atom is 0.354 e. The average Bonchev–Trinajstić information content (AvgIpc) is 3.56. The second kappa shape index (κ2) is 8.17. The van der Waals surface area contributed by atoms with Gasteiger partial charge < -0.3 is 10.4 Å². The standard InChI is InChI=1S/C25H24F2N4O4S/c26-25(27)9-18(10-25)31-36(34,35)23-19-7-17(30-16-3-4-21(24(32)33)29-12-16)6-14(19)5-15-11-28-22(8-20(15)23)13-1-2-13/h3-5,8,11-13,17-18,30-31H,1-2,6-7,9-10H2,(H,32,33). The van der Waals surface area contributed by atoms with Crippen molar-refractivity contribution in [3.8, 4) is 0 Å². The summed E-state index contributed by atoms with van der Waals surface area (Å²) in [6.45, 7) is 0. The second-order valence-electron chi connectivity index (χ2n) is 10.0. The summed E-state index contributed by atoms with van der Waals surface area (Å²) in [4.78, 5) is 19.7. The summed E-state index contributed by atoms with van der Waals surface area (Å²) in [5.41, 5.74) is 2.93. The number of carboxylic acids is 1. The second-order valence-corrected chi connectivity index (χ2v) is 11.7. The molecule has 2 aromatic heterocycles. The number of halogens is 2. The van der Waals surface area contributed by atoms with Crippen LogP contribution in [0, 0.1) is 0 Å². The van der Waals surface area contributed by atoms with Gasteiger partial charge in [0, 0.05) is 53.5 Å². The Kier molecular flexibility index (Phi) is 5.27. The molecule has 36 heavy (non-hydrogen) atoms. The first-order valence-corrected chi connectivity index (χ1v) is 13.4. The van der Waals surface area contributed by atoms with Crippen molar-refractivity contribution in [2.75, 3.05) is 5.32 Å². The number of aromatic nitrogens is 2. The van der Waals surface area contributed by atoms with E-state index in [1.807, 2.05) is 12.1 Å². The predicted octanol–water partition coefficient (Wildman–Crippen LogP) is 3.86. The van der Waals surface area contributed by atoms with E-state index in [1.165, 1.54) is 12.3 Å². The van der Waals surface area contributed by atoms with Crippen molar-refractivity contribution >= 4 is 32.5 Å². The van der Waals surface area contributed by atoms with E-state index in [0.717, 1.165) is 24.1 Å². The molecule has 3 N–H and O–H groups in total. The van der Waals surface area contributed by atoms with Gasteiger partial charge in [-0.05, 0) is 61.1 Å². The number of fused-ring (bicyclic) bond motifs is 2. The van der Waals surface area contributed by atoms with Crippen LogP contribution in [0.3, 0.4) is 0 Å². The molecule has 0 bridgehead atoms. The highest BCUT2D eigenvalue weighted by Gasteiger charge is 2.47. The lowest BCUT2D eigenvalue weighted by Crippen LogP contribution is -2.50. The molecule has 2 saturated carbocycles. The minimum Gasteiger partial charge on any atom is -0.477 e. The predicted molar refractivity (Wildman–Crippen MR) is 128 cm³/mol. The maximum absolute atomic E-state index is 13.6. The van der Waals surface area contributed by atoms with Crippen LogP contribution in [0.15, 0.2) is 41.6 Å². The molecule has 0 spiro atoms. The van der Waals surface area contributed by atoms with E-state index < -0.39 is 40.8 Å².